The number of hydrogen-bond donors (Lipinski definition) is 0. The maximum atomic E-state index is 12.9. The van der Waals surface area contributed by atoms with Crippen LogP contribution in [0.3, 0.4) is 0 Å². The first kappa shape index (κ1) is 45.7. The van der Waals surface area contributed by atoms with Gasteiger partial charge in [0.15, 0.2) is 18.9 Å². The van der Waals surface area contributed by atoms with Crippen molar-refractivity contribution in [1.29, 1.82) is 0 Å². The molecule has 0 amide bonds. The van der Waals surface area contributed by atoms with Gasteiger partial charge in [0.05, 0.1) is 31.0 Å². The highest BCUT2D eigenvalue weighted by molar-refractivity contribution is 5.62. The third-order valence-corrected chi connectivity index (χ3v) is 20.8. The number of carbonyl (C=O) groups excluding carboxylic acids is 1. The van der Waals surface area contributed by atoms with Gasteiger partial charge in [-0.3, -0.25) is 0 Å². The van der Waals surface area contributed by atoms with Crippen LogP contribution in [-0.4, -0.2) is 62.3 Å². The van der Waals surface area contributed by atoms with Crippen LogP contribution < -0.4 is 0 Å². The fraction of sp³-hybridized carbons (Fsp3) is 0.943. The molecule has 0 radical (unpaired) electrons. The monoisotopic (exact) mass is 837 g/mol. The number of hydrogen-bond acceptors (Lipinski definition) is 7. The van der Waals surface area contributed by atoms with Crippen LogP contribution in [0.4, 0.5) is 0 Å². The summed E-state index contributed by atoms with van der Waals surface area (Å²) < 4.78 is 42.1. The van der Waals surface area contributed by atoms with E-state index in [1.165, 1.54) is 38.4 Å². The van der Waals surface area contributed by atoms with Gasteiger partial charge < -0.3 is 33.2 Å². The van der Waals surface area contributed by atoms with E-state index in [0.717, 1.165) is 38.5 Å². The molecule has 4 saturated carbocycles. The lowest BCUT2D eigenvalue weighted by Gasteiger charge is -2.66. The van der Waals surface area contributed by atoms with Crippen molar-refractivity contribution in [3.63, 3.8) is 0 Å². The first-order chi connectivity index (χ1) is 28.3. The van der Waals surface area contributed by atoms with Gasteiger partial charge in [-0.2, -0.15) is 0 Å². The van der Waals surface area contributed by atoms with Gasteiger partial charge in [0.25, 0.3) is 0 Å². The number of aldehydes is 1. The number of carbonyl (C=O) groups is 1. The molecule has 5 aliphatic carbocycles. The van der Waals surface area contributed by atoms with Crippen LogP contribution in [0, 0.1) is 92.7 Å². The Bertz CT molecular complexity index is 1560. The number of fused-ring (bicyclic) bond motifs is 7. The zero-order valence-electron chi connectivity index (χ0n) is 40.5. The quantitative estimate of drug-likeness (QED) is 0.137. The van der Waals surface area contributed by atoms with Crippen molar-refractivity contribution in [3.8, 4) is 0 Å². The fourth-order valence-electron chi connectivity index (χ4n) is 15.6. The van der Waals surface area contributed by atoms with E-state index in [1.54, 1.807) is 5.57 Å². The van der Waals surface area contributed by atoms with Crippen LogP contribution in [0.25, 0.3) is 0 Å². The topological polar surface area (TPSA) is 72.5 Å². The third-order valence-electron chi connectivity index (χ3n) is 20.8. The van der Waals surface area contributed by atoms with Crippen LogP contribution in [-0.2, 0) is 33.2 Å². The van der Waals surface area contributed by atoms with Crippen molar-refractivity contribution in [2.24, 2.45) is 92.7 Å². The summed E-state index contributed by atoms with van der Waals surface area (Å²) in [7, 11) is 0. The highest BCUT2D eigenvalue weighted by atomic mass is 16.8. The molecule has 0 aromatic carbocycles. The Morgan fingerprint density at radius 2 is 1.37 bits per heavy atom. The Morgan fingerprint density at radius 1 is 0.667 bits per heavy atom. The SMILES string of the molecule is CCC1O[C@@H](OC2[C@H](O[C@H]3CCC4(C)C5CC=C6C7CC(C)(C)CC[C@]7(C=O)CC[C@H]6[C@@]5(C)CC[C@H]4C3C)OC(C)[C@@H](C)[C@@H]2O[C@@H]2OC[C@@H](C)[C@H](C)C2C)C(C)[C@@H](C)[C@H]1C. The van der Waals surface area contributed by atoms with E-state index in [9.17, 15) is 4.79 Å². The van der Waals surface area contributed by atoms with Gasteiger partial charge in [-0.25, -0.2) is 0 Å². The van der Waals surface area contributed by atoms with Gasteiger partial charge in [-0.1, -0.05) is 102 Å². The van der Waals surface area contributed by atoms with Gasteiger partial charge in [0.2, 0.25) is 0 Å². The molecule has 7 fully saturated rings. The largest absolute Gasteiger partial charge is 0.352 e. The minimum absolute atomic E-state index is 0.0620. The predicted octanol–water partition coefficient (Wildman–Crippen LogP) is 12.1. The van der Waals surface area contributed by atoms with E-state index >= 15 is 0 Å². The molecule has 9 unspecified atom stereocenters. The van der Waals surface area contributed by atoms with Gasteiger partial charge in [-0.15, -0.1) is 0 Å². The molecule has 8 rings (SSSR count). The van der Waals surface area contributed by atoms with Crippen molar-refractivity contribution in [2.45, 2.75) is 217 Å². The summed E-state index contributed by atoms with van der Waals surface area (Å²) in [6.07, 6.45) is 14.8. The fourth-order valence-corrected chi connectivity index (χ4v) is 15.6. The minimum atomic E-state index is -0.562. The Labute approximate surface area is 366 Å². The summed E-state index contributed by atoms with van der Waals surface area (Å²) >= 11 is 0. The van der Waals surface area contributed by atoms with Crippen molar-refractivity contribution in [2.75, 3.05) is 6.61 Å². The average Bonchev–Trinajstić information content (AvgIpc) is 3.21. The molecule has 0 bridgehead atoms. The molecule has 60 heavy (non-hydrogen) atoms. The molecule has 8 aliphatic rings. The standard InChI is InChI=1S/C53H88O7/c1-15-42-32(5)31(4)34(7)48(57-42)60-46-45(59-47-33(6)30(3)29(2)27-55-47)35(8)37(10)56-49(46)58-43-20-22-51(13)39(36(43)9)18-21-52(14)40-19-23-53(28-54)25-24-50(11,12)26-41(53)38(40)16-17-44(51)52/h16,28-37,39-49H,15,17-27H2,1-14H3/t29-,30+,31+,32-,33?,34?,35-,36?,37?,39+,40-,41?,42?,43+,44?,45+,46?,47+,48+,49+,51?,52-,53+/m1/s1. The van der Waals surface area contributed by atoms with E-state index < -0.39 is 12.4 Å². The summed E-state index contributed by atoms with van der Waals surface area (Å²) in [5.74, 6) is 5.15. The number of allylic oxidation sites excluding steroid dienone is 2. The molecular weight excluding hydrogens is 749 g/mol. The second kappa shape index (κ2) is 16.9. The van der Waals surface area contributed by atoms with Gasteiger partial charge in [-0.05, 0) is 147 Å². The molecule has 3 saturated heterocycles. The second-order valence-electron chi connectivity index (χ2n) is 24.3. The molecule has 0 N–H and O–H groups in total. The van der Waals surface area contributed by atoms with Crippen LogP contribution in [0.1, 0.15) is 168 Å². The van der Waals surface area contributed by atoms with E-state index in [1.807, 2.05) is 0 Å². The highest BCUT2D eigenvalue weighted by Crippen LogP contribution is 2.70. The summed E-state index contributed by atoms with van der Waals surface area (Å²) in [5.41, 5.74) is 2.36. The maximum absolute atomic E-state index is 12.9. The van der Waals surface area contributed by atoms with Crippen molar-refractivity contribution < 1.29 is 33.2 Å². The normalized spacial score (nSPS) is 55.3. The lowest BCUT2D eigenvalue weighted by Crippen LogP contribution is -2.62. The minimum Gasteiger partial charge on any atom is -0.352 e. The summed E-state index contributed by atoms with van der Waals surface area (Å²) in [6, 6.07) is 0. The molecular formula is C53H88O7. The molecule has 7 nitrogen and oxygen atoms in total. The molecule has 3 aliphatic heterocycles. The zero-order chi connectivity index (χ0) is 43.3. The Hall–Kier alpha value is -0.830. The first-order valence-corrected chi connectivity index (χ1v) is 25.3. The Morgan fingerprint density at radius 3 is 2.08 bits per heavy atom. The predicted molar refractivity (Wildman–Crippen MR) is 238 cm³/mol. The highest BCUT2D eigenvalue weighted by Gasteiger charge is 2.64. The van der Waals surface area contributed by atoms with Crippen molar-refractivity contribution in [1.82, 2.24) is 0 Å². The van der Waals surface area contributed by atoms with Gasteiger partial charge >= 0.3 is 0 Å². The molecule has 7 heteroatoms. The van der Waals surface area contributed by atoms with Gasteiger partial charge in [0, 0.05) is 23.2 Å². The summed E-state index contributed by atoms with van der Waals surface area (Å²) in [5, 5.41) is 0. The van der Waals surface area contributed by atoms with Crippen LogP contribution in [0.2, 0.25) is 0 Å². The van der Waals surface area contributed by atoms with E-state index in [2.05, 4.69) is 103 Å². The molecule has 23 atom stereocenters. The van der Waals surface area contributed by atoms with E-state index in [-0.39, 0.29) is 71.0 Å². The molecule has 342 valence electrons. The number of ether oxygens (including phenoxy) is 6. The van der Waals surface area contributed by atoms with E-state index in [0.29, 0.717) is 65.3 Å². The maximum Gasteiger partial charge on any atom is 0.187 e. The molecule has 0 aromatic heterocycles. The molecule has 3 heterocycles. The number of rotatable bonds is 8. The lowest BCUT2D eigenvalue weighted by atomic mass is 9.38. The molecule has 0 aromatic rings. The lowest BCUT2D eigenvalue weighted by molar-refractivity contribution is -0.374. The average molecular weight is 837 g/mol. The summed E-state index contributed by atoms with van der Waals surface area (Å²) in [4.78, 5) is 12.9. The summed E-state index contributed by atoms with van der Waals surface area (Å²) in [6.45, 7) is 34.0. The second-order valence-corrected chi connectivity index (χ2v) is 24.3. The third kappa shape index (κ3) is 7.59. The molecule has 0 spiro atoms. The van der Waals surface area contributed by atoms with Crippen LogP contribution >= 0.6 is 0 Å². The van der Waals surface area contributed by atoms with Gasteiger partial charge in [0.1, 0.15) is 12.4 Å². The smallest absolute Gasteiger partial charge is 0.187 e. The Kier molecular flexibility index (Phi) is 12.9. The first-order valence-electron chi connectivity index (χ1n) is 25.3. The van der Waals surface area contributed by atoms with Crippen LogP contribution in [0.15, 0.2) is 11.6 Å². The van der Waals surface area contributed by atoms with Crippen molar-refractivity contribution in [3.05, 3.63) is 11.6 Å². The zero-order valence-corrected chi connectivity index (χ0v) is 40.5. The Balaban J connectivity index is 1.04. The van der Waals surface area contributed by atoms with Crippen LogP contribution in [0.5, 0.6) is 0 Å². The van der Waals surface area contributed by atoms with Crippen molar-refractivity contribution >= 4 is 6.29 Å². The van der Waals surface area contributed by atoms with E-state index in [4.69, 9.17) is 28.4 Å².